The van der Waals surface area contributed by atoms with Crippen molar-refractivity contribution in [3.05, 3.63) is 42.5 Å². The van der Waals surface area contributed by atoms with Gasteiger partial charge >= 0.3 is 0 Å². The number of nitrogens with zero attached hydrogens (tertiary/aromatic N) is 2. The van der Waals surface area contributed by atoms with Gasteiger partial charge in [-0.25, -0.2) is 4.98 Å². The number of methoxy groups -OCH3 is 1. The highest BCUT2D eigenvalue weighted by molar-refractivity contribution is 5.42. The number of benzene rings is 1. The maximum atomic E-state index is 5.83. The monoisotopic (exact) mass is 275 g/mol. The van der Waals surface area contributed by atoms with Crippen LogP contribution < -0.4 is 14.8 Å². The van der Waals surface area contributed by atoms with Crippen molar-refractivity contribution in [3.63, 3.8) is 0 Å². The van der Waals surface area contributed by atoms with E-state index in [-0.39, 0.29) is 0 Å². The second-order valence-corrected chi connectivity index (χ2v) is 4.52. The molecule has 0 amide bonds. The average molecular weight is 275 g/mol. The van der Waals surface area contributed by atoms with Crippen LogP contribution in [-0.4, -0.2) is 30.3 Å². The van der Waals surface area contributed by atoms with E-state index in [0.29, 0.717) is 6.61 Å². The van der Waals surface area contributed by atoms with Gasteiger partial charge in [0.1, 0.15) is 0 Å². The van der Waals surface area contributed by atoms with Gasteiger partial charge in [0.05, 0.1) is 20.0 Å². The molecule has 0 aliphatic rings. The van der Waals surface area contributed by atoms with Crippen LogP contribution in [0.15, 0.2) is 36.9 Å². The van der Waals surface area contributed by atoms with Gasteiger partial charge in [0.2, 0.25) is 0 Å². The molecule has 1 aromatic heterocycles. The second kappa shape index (κ2) is 7.55. The van der Waals surface area contributed by atoms with Crippen LogP contribution in [0.2, 0.25) is 0 Å². The van der Waals surface area contributed by atoms with Crippen molar-refractivity contribution in [3.8, 4) is 11.5 Å². The number of rotatable bonds is 8. The zero-order chi connectivity index (χ0) is 14.2. The predicted octanol–water partition coefficient (Wildman–Crippen LogP) is 2.08. The Bertz CT molecular complexity index is 512. The molecule has 0 saturated heterocycles. The third kappa shape index (κ3) is 3.99. The third-order valence-electron chi connectivity index (χ3n) is 2.99. The normalized spacial score (nSPS) is 10.5. The average Bonchev–Trinajstić information content (AvgIpc) is 2.97. The van der Waals surface area contributed by atoms with Gasteiger partial charge in [-0.15, -0.1) is 0 Å². The highest BCUT2D eigenvalue weighted by Crippen LogP contribution is 2.28. The van der Waals surface area contributed by atoms with E-state index in [9.17, 15) is 0 Å². The Balaban J connectivity index is 1.88. The summed E-state index contributed by atoms with van der Waals surface area (Å²) in [5, 5.41) is 3.13. The topological polar surface area (TPSA) is 48.3 Å². The molecule has 2 rings (SSSR count). The standard InChI is InChI=1S/C15H21N3O2/c1-16-11-13-4-5-14(19-2)15(10-13)20-9-3-7-18-8-6-17-12-18/h4-6,8,10,12,16H,3,7,9,11H2,1-2H3. The van der Waals surface area contributed by atoms with Crippen LogP contribution in [0.3, 0.4) is 0 Å². The van der Waals surface area contributed by atoms with Crippen LogP contribution in [0.1, 0.15) is 12.0 Å². The summed E-state index contributed by atoms with van der Waals surface area (Å²) in [7, 11) is 3.58. The fourth-order valence-corrected chi connectivity index (χ4v) is 2.00. The van der Waals surface area contributed by atoms with Crippen LogP contribution in [0.5, 0.6) is 11.5 Å². The van der Waals surface area contributed by atoms with Crippen molar-refractivity contribution in [2.75, 3.05) is 20.8 Å². The molecule has 0 aliphatic heterocycles. The first-order valence-electron chi connectivity index (χ1n) is 6.73. The maximum absolute atomic E-state index is 5.83. The first-order valence-corrected chi connectivity index (χ1v) is 6.73. The van der Waals surface area contributed by atoms with Gasteiger partial charge < -0.3 is 19.4 Å². The molecule has 20 heavy (non-hydrogen) atoms. The lowest BCUT2D eigenvalue weighted by Crippen LogP contribution is -2.07. The minimum Gasteiger partial charge on any atom is -0.493 e. The minimum atomic E-state index is 0.650. The van der Waals surface area contributed by atoms with E-state index >= 15 is 0 Å². The molecule has 0 aliphatic carbocycles. The number of aromatic nitrogens is 2. The Labute approximate surface area is 119 Å². The van der Waals surface area contributed by atoms with Gasteiger partial charge in [0, 0.05) is 25.5 Å². The SMILES string of the molecule is CNCc1ccc(OC)c(OCCCn2ccnc2)c1. The predicted molar refractivity (Wildman–Crippen MR) is 78.1 cm³/mol. The van der Waals surface area contributed by atoms with E-state index in [1.54, 1.807) is 13.3 Å². The number of hydrogen-bond donors (Lipinski definition) is 1. The largest absolute Gasteiger partial charge is 0.493 e. The molecule has 0 saturated carbocycles. The first kappa shape index (κ1) is 14.4. The van der Waals surface area contributed by atoms with Crippen LogP contribution in [0, 0.1) is 0 Å². The van der Waals surface area contributed by atoms with E-state index in [4.69, 9.17) is 9.47 Å². The molecule has 0 unspecified atom stereocenters. The van der Waals surface area contributed by atoms with Crippen LogP contribution in [-0.2, 0) is 13.1 Å². The third-order valence-corrected chi connectivity index (χ3v) is 2.99. The fraction of sp³-hybridized carbons (Fsp3) is 0.400. The summed E-state index contributed by atoms with van der Waals surface area (Å²) >= 11 is 0. The summed E-state index contributed by atoms with van der Waals surface area (Å²) in [5.74, 6) is 1.57. The quantitative estimate of drug-likeness (QED) is 0.749. The van der Waals surface area contributed by atoms with Gasteiger partial charge in [0.15, 0.2) is 11.5 Å². The molecule has 0 fully saturated rings. The summed E-state index contributed by atoms with van der Waals surface area (Å²) in [4.78, 5) is 4.01. The van der Waals surface area contributed by atoms with Crippen molar-refractivity contribution in [1.29, 1.82) is 0 Å². The number of hydrogen-bond acceptors (Lipinski definition) is 4. The second-order valence-electron chi connectivity index (χ2n) is 4.52. The van der Waals surface area contributed by atoms with E-state index < -0.39 is 0 Å². The summed E-state index contributed by atoms with van der Waals surface area (Å²) in [6, 6.07) is 6.00. The van der Waals surface area contributed by atoms with Crippen molar-refractivity contribution in [2.45, 2.75) is 19.5 Å². The zero-order valence-corrected chi connectivity index (χ0v) is 12.0. The number of nitrogens with one attached hydrogen (secondary N) is 1. The van der Waals surface area contributed by atoms with Crippen molar-refractivity contribution >= 4 is 0 Å². The summed E-state index contributed by atoms with van der Waals surface area (Å²) in [5.41, 5.74) is 1.18. The first-order chi connectivity index (χ1) is 9.83. The Morgan fingerprint density at radius 1 is 1.30 bits per heavy atom. The molecule has 108 valence electrons. The molecule has 0 spiro atoms. The molecule has 0 radical (unpaired) electrons. The number of imidazole rings is 1. The lowest BCUT2D eigenvalue weighted by Gasteiger charge is -2.12. The molecular weight excluding hydrogens is 254 g/mol. The van der Waals surface area contributed by atoms with Crippen LogP contribution in [0.25, 0.3) is 0 Å². The molecule has 2 aromatic rings. The van der Waals surface area contributed by atoms with Crippen molar-refractivity contribution in [1.82, 2.24) is 14.9 Å². The number of ether oxygens (including phenoxy) is 2. The lowest BCUT2D eigenvalue weighted by molar-refractivity contribution is 0.282. The molecule has 1 N–H and O–H groups in total. The van der Waals surface area contributed by atoms with Gasteiger partial charge in [-0.3, -0.25) is 0 Å². The zero-order valence-electron chi connectivity index (χ0n) is 12.0. The Morgan fingerprint density at radius 3 is 2.90 bits per heavy atom. The van der Waals surface area contributed by atoms with Gasteiger partial charge in [-0.1, -0.05) is 6.07 Å². The Hall–Kier alpha value is -2.01. The molecule has 0 atom stereocenters. The molecule has 5 nitrogen and oxygen atoms in total. The van der Waals surface area contributed by atoms with Crippen molar-refractivity contribution in [2.24, 2.45) is 0 Å². The highest BCUT2D eigenvalue weighted by atomic mass is 16.5. The molecule has 1 aromatic carbocycles. The Morgan fingerprint density at radius 2 is 2.20 bits per heavy atom. The van der Waals surface area contributed by atoms with Crippen LogP contribution in [0.4, 0.5) is 0 Å². The van der Waals surface area contributed by atoms with Gasteiger partial charge in [0.25, 0.3) is 0 Å². The molecular formula is C15H21N3O2. The number of aryl methyl sites for hydroxylation is 1. The lowest BCUT2D eigenvalue weighted by atomic mass is 10.2. The fourth-order valence-electron chi connectivity index (χ4n) is 2.00. The smallest absolute Gasteiger partial charge is 0.161 e. The Kier molecular flexibility index (Phi) is 5.43. The molecule has 1 heterocycles. The van der Waals surface area contributed by atoms with Gasteiger partial charge in [-0.05, 0) is 31.2 Å². The van der Waals surface area contributed by atoms with E-state index in [1.165, 1.54) is 5.56 Å². The van der Waals surface area contributed by atoms with E-state index in [0.717, 1.165) is 31.0 Å². The molecule has 5 heteroatoms. The van der Waals surface area contributed by atoms with Crippen molar-refractivity contribution < 1.29 is 9.47 Å². The summed E-state index contributed by atoms with van der Waals surface area (Å²) in [6.45, 7) is 2.37. The maximum Gasteiger partial charge on any atom is 0.161 e. The van der Waals surface area contributed by atoms with Gasteiger partial charge in [-0.2, -0.15) is 0 Å². The van der Waals surface area contributed by atoms with E-state index in [2.05, 4.69) is 10.3 Å². The molecule has 0 bridgehead atoms. The minimum absolute atomic E-state index is 0.650. The van der Waals surface area contributed by atoms with E-state index in [1.807, 2.05) is 42.3 Å². The highest BCUT2D eigenvalue weighted by Gasteiger charge is 2.05. The summed E-state index contributed by atoms with van der Waals surface area (Å²) in [6.07, 6.45) is 6.48. The van der Waals surface area contributed by atoms with Crippen LogP contribution >= 0.6 is 0 Å². The summed E-state index contributed by atoms with van der Waals surface area (Å²) < 4.78 is 13.2.